The summed E-state index contributed by atoms with van der Waals surface area (Å²) in [5.74, 6) is 1.51. The lowest BCUT2D eigenvalue weighted by atomic mass is 10.2. The van der Waals surface area contributed by atoms with Gasteiger partial charge in [-0.15, -0.1) is 0 Å². The van der Waals surface area contributed by atoms with Gasteiger partial charge >= 0.3 is 0 Å². The van der Waals surface area contributed by atoms with Crippen molar-refractivity contribution in [3.05, 3.63) is 57.9 Å². The molecule has 0 saturated carbocycles. The van der Waals surface area contributed by atoms with Crippen molar-refractivity contribution >= 4 is 22.7 Å². The van der Waals surface area contributed by atoms with Crippen molar-refractivity contribution in [1.29, 1.82) is 5.26 Å². The minimum atomic E-state index is -0.383. The van der Waals surface area contributed by atoms with Gasteiger partial charge in [-0.3, -0.25) is 9.36 Å². The number of fused-ring (bicyclic) bond motifs is 1. The third-order valence-electron chi connectivity index (χ3n) is 4.87. The zero-order valence-corrected chi connectivity index (χ0v) is 17.9. The van der Waals surface area contributed by atoms with Gasteiger partial charge < -0.3 is 14.6 Å². The zero-order chi connectivity index (χ0) is 21.7. The van der Waals surface area contributed by atoms with Gasteiger partial charge in [0.25, 0.3) is 5.56 Å². The molecule has 2 aromatic carbocycles. The Bertz CT molecular complexity index is 1130. The number of hydrogen-bond donors (Lipinski definition) is 1. The Kier molecular flexibility index (Phi) is 6.98. The standard InChI is InChI=1S/C22H23N3O4S/c1-4-16(12-26)25-21(27)17-9-19(28-2)20(29-3)10-18(17)24-22(25)30-13-15-7-5-14(11-23)6-8-15/h5-10,16,26H,4,12-13H2,1-3H3/t16-/m1/s1. The van der Waals surface area contributed by atoms with E-state index in [9.17, 15) is 9.90 Å². The molecule has 0 unspecified atom stereocenters. The average Bonchev–Trinajstić information content (AvgIpc) is 2.79. The highest BCUT2D eigenvalue weighted by molar-refractivity contribution is 7.98. The van der Waals surface area contributed by atoms with Gasteiger partial charge in [0.2, 0.25) is 0 Å². The molecular formula is C22H23N3O4S. The maximum Gasteiger partial charge on any atom is 0.262 e. The molecular weight excluding hydrogens is 402 g/mol. The number of aliphatic hydroxyl groups excluding tert-OH is 1. The fraction of sp³-hybridized carbons (Fsp3) is 0.318. The quantitative estimate of drug-likeness (QED) is 0.436. The van der Waals surface area contributed by atoms with Gasteiger partial charge in [-0.2, -0.15) is 5.26 Å². The minimum Gasteiger partial charge on any atom is -0.493 e. The number of hydrogen-bond acceptors (Lipinski definition) is 7. The lowest BCUT2D eigenvalue weighted by molar-refractivity contribution is 0.213. The minimum absolute atomic E-state index is 0.165. The zero-order valence-electron chi connectivity index (χ0n) is 17.1. The first-order chi connectivity index (χ1) is 14.6. The van der Waals surface area contributed by atoms with E-state index in [4.69, 9.17) is 19.7 Å². The predicted octanol–water partition coefficient (Wildman–Crippen LogP) is 3.52. The predicted molar refractivity (Wildman–Crippen MR) is 116 cm³/mol. The molecule has 0 saturated heterocycles. The SMILES string of the molecule is CC[C@H](CO)n1c(SCc2ccc(C#N)cc2)nc2cc(OC)c(OC)cc2c1=O. The molecule has 0 radical (unpaired) electrons. The second kappa shape index (κ2) is 9.65. The Balaban J connectivity index is 2.10. The Morgan fingerprint density at radius 1 is 1.20 bits per heavy atom. The molecule has 1 aromatic heterocycles. The summed E-state index contributed by atoms with van der Waals surface area (Å²) in [6.45, 7) is 1.75. The van der Waals surface area contributed by atoms with Crippen LogP contribution in [0.1, 0.15) is 30.5 Å². The van der Waals surface area contributed by atoms with Crippen molar-refractivity contribution in [3.8, 4) is 17.6 Å². The fourth-order valence-electron chi connectivity index (χ4n) is 3.15. The van der Waals surface area contributed by atoms with Gasteiger partial charge in [0.1, 0.15) is 0 Å². The van der Waals surface area contributed by atoms with Gasteiger partial charge in [0, 0.05) is 11.8 Å². The molecule has 8 heteroatoms. The van der Waals surface area contributed by atoms with Crippen molar-refractivity contribution < 1.29 is 14.6 Å². The molecule has 0 aliphatic rings. The number of rotatable bonds is 8. The van der Waals surface area contributed by atoms with E-state index in [-0.39, 0.29) is 18.2 Å². The summed E-state index contributed by atoms with van der Waals surface area (Å²) < 4.78 is 12.2. The number of benzene rings is 2. The van der Waals surface area contributed by atoms with Crippen LogP contribution in [0.25, 0.3) is 10.9 Å². The van der Waals surface area contributed by atoms with Crippen LogP contribution in [-0.2, 0) is 5.75 Å². The van der Waals surface area contributed by atoms with Crippen LogP contribution in [0, 0.1) is 11.3 Å². The van der Waals surface area contributed by atoms with Gasteiger partial charge in [0.15, 0.2) is 16.7 Å². The number of ether oxygens (including phenoxy) is 2. The molecule has 0 amide bonds. The van der Waals surface area contributed by atoms with Crippen LogP contribution in [0.5, 0.6) is 11.5 Å². The smallest absolute Gasteiger partial charge is 0.262 e. The van der Waals surface area contributed by atoms with E-state index in [0.29, 0.717) is 45.3 Å². The summed E-state index contributed by atoms with van der Waals surface area (Å²) in [6, 6.07) is 12.3. The first-order valence-corrected chi connectivity index (χ1v) is 10.5. The molecule has 1 heterocycles. The maximum atomic E-state index is 13.3. The van der Waals surface area contributed by atoms with Crippen LogP contribution in [0.15, 0.2) is 46.3 Å². The summed E-state index contributed by atoms with van der Waals surface area (Å²) >= 11 is 1.41. The highest BCUT2D eigenvalue weighted by Gasteiger charge is 2.20. The van der Waals surface area contributed by atoms with Crippen molar-refractivity contribution in [2.45, 2.75) is 30.3 Å². The molecule has 1 atom stereocenters. The molecule has 0 spiro atoms. The molecule has 0 aliphatic heterocycles. The van der Waals surface area contributed by atoms with Gasteiger partial charge in [-0.1, -0.05) is 30.8 Å². The highest BCUT2D eigenvalue weighted by Crippen LogP contribution is 2.32. The normalized spacial score (nSPS) is 11.8. The van der Waals surface area contributed by atoms with Crippen molar-refractivity contribution in [2.24, 2.45) is 0 Å². The average molecular weight is 426 g/mol. The number of nitriles is 1. The third-order valence-corrected chi connectivity index (χ3v) is 5.90. The summed E-state index contributed by atoms with van der Waals surface area (Å²) in [5, 5.41) is 19.7. The van der Waals surface area contributed by atoms with E-state index in [1.165, 1.54) is 26.0 Å². The lowest BCUT2D eigenvalue weighted by Crippen LogP contribution is -2.29. The molecule has 3 aromatic rings. The van der Waals surface area contributed by atoms with Crippen LogP contribution in [0.3, 0.4) is 0 Å². The van der Waals surface area contributed by atoms with Gasteiger partial charge in [-0.05, 0) is 30.2 Å². The van der Waals surface area contributed by atoms with Crippen molar-refractivity contribution in [1.82, 2.24) is 9.55 Å². The molecule has 0 bridgehead atoms. The fourth-order valence-corrected chi connectivity index (χ4v) is 4.17. The highest BCUT2D eigenvalue weighted by atomic mass is 32.2. The van der Waals surface area contributed by atoms with Gasteiger partial charge in [0.05, 0.1) is 49.4 Å². The number of nitrogens with zero attached hydrogens (tertiary/aromatic N) is 3. The first-order valence-electron chi connectivity index (χ1n) is 9.47. The van der Waals surface area contributed by atoms with E-state index < -0.39 is 0 Å². The van der Waals surface area contributed by atoms with Crippen molar-refractivity contribution in [2.75, 3.05) is 20.8 Å². The van der Waals surface area contributed by atoms with E-state index in [2.05, 4.69) is 6.07 Å². The van der Waals surface area contributed by atoms with Crippen LogP contribution in [-0.4, -0.2) is 35.5 Å². The molecule has 0 fully saturated rings. The molecule has 7 nitrogen and oxygen atoms in total. The molecule has 3 rings (SSSR count). The van der Waals surface area contributed by atoms with Crippen molar-refractivity contribution in [3.63, 3.8) is 0 Å². The van der Waals surface area contributed by atoms with Crippen LogP contribution >= 0.6 is 11.8 Å². The number of thioether (sulfide) groups is 1. The Labute approximate surface area is 178 Å². The molecule has 30 heavy (non-hydrogen) atoms. The first kappa shape index (κ1) is 21.7. The van der Waals surface area contributed by atoms with E-state index >= 15 is 0 Å². The van der Waals surface area contributed by atoms with Crippen LogP contribution < -0.4 is 15.0 Å². The maximum absolute atomic E-state index is 13.3. The third kappa shape index (κ3) is 4.27. The Morgan fingerprint density at radius 3 is 2.43 bits per heavy atom. The summed E-state index contributed by atoms with van der Waals surface area (Å²) in [7, 11) is 3.05. The number of aliphatic hydroxyl groups is 1. The topological polar surface area (TPSA) is 97.4 Å². The second-order valence-electron chi connectivity index (χ2n) is 6.64. The Hall–Kier alpha value is -3.02. The Morgan fingerprint density at radius 2 is 1.87 bits per heavy atom. The van der Waals surface area contributed by atoms with E-state index in [1.54, 1.807) is 28.8 Å². The van der Waals surface area contributed by atoms with Crippen LogP contribution in [0.2, 0.25) is 0 Å². The monoisotopic (exact) mass is 425 g/mol. The second-order valence-corrected chi connectivity index (χ2v) is 7.58. The number of aromatic nitrogens is 2. The van der Waals surface area contributed by atoms with E-state index in [1.807, 2.05) is 19.1 Å². The summed E-state index contributed by atoms with van der Waals surface area (Å²) in [6.07, 6.45) is 0.585. The number of methoxy groups -OCH3 is 2. The molecule has 1 N–H and O–H groups in total. The van der Waals surface area contributed by atoms with E-state index in [0.717, 1.165) is 5.56 Å². The van der Waals surface area contributed by atoms with Crippen LogP contribution in [0.4, 0.5) is 0 Å². The lowest BCUT2D eigenvalue weighted by Gasteiger charge is -2.20. The summed E-state index contributed by atoms with van der Waals surface area (Å²) in [5.41, 5.74) is 1.87. The summed E-state index contributed by atoms with van der Waals surface area (Å²) in [4.78, 5) is 18.0. The molecule has 0 aliphatic carbocycles. The largest absolute Gasteiger partial charge is 0.493 e. The van der Waals surface area contributed by atoms with Gasteiger partial charge in [-0.25, -0.2) is 4.98 Å². The molecule has 156 valence electrons.